The van der Waals surface area contributed by atoms with Gasteiger partial charge in [0.15, 0.2) is 0 Å². The van der Waals surface area contributed by atoms with Gasteiger partial charge >= 0.3 is 5.97 Å². The van der Waals surface area contributed by atoms with Gasteiger partial charge in [-0.25, -0.2) is 14.2 Å². The van der Waals surface area contributed by atoms with Crippen LogP contribution in [-0.2, 0) is 4.74 Å². The highest BCUT2D eigenvalue weighted by atomic mass is 19.1. The van der Waals surface area contributed by atoms with Crippen LogP contribution in [0.4, 0.5) is 21.6 Å². The van der Waals surface area contributed by atoms with Crippen molar-refractivity contribution in [1.82, 2.24) is 4.98 Å². The highest BCUT2D eigenvalue weighted by Gasteiger charge is 2.14. The predicted octanol–water partition coefficient (Wildman–Crippen LogP) is 4.00. The van der Waals surface area contributed by atoms with Crippen molar-refractivity contribution in [3.63, 3.8) is 0 Å². The summed E-state index contributed by atoms with van der Waals surface area (Å²) in [6, 6.07) is 15.6. The molecule has 0 spiro atoms. The fraction of sp³-hybridized carbons (Fsp3) is 0.0500. The van der Waals surface area contributed by atoms with Crippen LogP contribution in [0, 0.1) is 5.82 Å². The van der Waals surface area contributed by atoms with E-state index in [0.29, 0.717) is 22.8 Å². The summed E-state index contributed by atoms with van der Waals surface area (Å²) < 4.78 is 17.6. The van der Waals surface area contributed by atoms with Crippen molar-refractivity contribution in [2.45, 2.75) is 0 Å². The van der Waals surface area contributed by atoms with E-state index in [4.69, 9.17) is 4.74 Å². The van der Waals surface area contributed by atoms with Crippen molar-refractivity contribution < 1.29 is 18.7 Å². The summed E-state index contributed by atoms with van der Waals surface area (Å²) in [4.78, 5) is 28.4. The normalized spacial score (nSPS) is 10.1. The van der Waals surface area contributed by atoms with Gasteiger partial charge in [-0.1, -0.05) is 12.1 Å². The number of methoxy groups -OCH3 is 1. The summed E-state index contributed by atoms with van der Waals surface area (Å²) >= 11 is 0. The van der Waals surface area contributed by atoms with Crippen LogP contribution in [-0.4, -0.2) is 24.0 Å². The highest BCUT2D eigenvalue weighted by molar-refractivity contribution is 6.07. The van der Waals surface area contributed by atoms with Gasteiger partial charge in [0.2, 0.25) is 0 Å². The number of benzene rings is 2. The zero-order valence-electron chi connectivity index (χ0n) is 14.4. The monoisotopic (exact) mass is 365 g/mol. The second kappa shape index (κ2) is 8.09. The number of nitrogens with zero attached hydrogens (tertiary/aromatic N) is 1. The second-order valence-corrected chi connectivity index (χ2v) is 5.56. The lowest BCUT2D eigenvalue weighted by atomic mass is 10.1. The van der Waals surface area contributed by atoms with E-state index in [2.05, 4.69) is 15.6 Å². The highest BCUT2D eigenvalue weighted by Crippen LogP contribution is 2.18. The quantitative estimate of drug-likeness (QED) is 0.668. The first-order chi connectivity index (χ1) is 13.1. The minimum absolute atomic E-state index is 0.260. The van der Waals surface area contributed by atoms with Gasteiger partial charge in [0.1, 0.15) is 11.6 Å². The van der Waals surface area contributed by atoms with Gasteiger partial charge in [-0.3, -0.25) is 4.79 Å². The molecule has 27 heavy (non-hydrogen) atoms. The number of esters is 1. The van der Waals surface area contributed by atoms with E-state index in [0.717, 1.165) is 0 Å². The number of anilines is 3. The molecule has 2 aromatic carbocycles. The van der Waals surface area contributed by atoms with Gasteiger partial charge in [0.25, 0.3) is 5.91 Å². The molecule has 6 nitrogen and oxygen atoms in total. The number of nitrogens with one attached hydrogen (secondary N) is 2. The number of rotatable bonds is 5. The number of carbonyl (C=O) groups is 2. The van der Waals surface area contributed by atoms with E-state index in [1.165, 1.54) is 25.4 Å². The maximum Gasteiger partial charge on any atom is 0.339 e. The third-order valence-corrected chi connectivity index (χ3v) is 3.72. The van der Waals surface area contributed by atoms with Crippen LogP contribution in [0.2, 0.25) is 0 Å². The van der Waals surface area contributed by atoms with E-state index in [1.807, 2.05) is 0 Å². The van der Waals surface area contributed by atoms with Gasteiger partial charge in [-0.05, 0) is 48.5 Å². The first-order valence-corrected chi connectivity index (χ1v) is 8.04. The Bertz CT molecular complexity index is 957. The lowest BCUT2D eigenvalue weighted by Crippen LogP contribution is -2.15. The number of halogens is 1. The third-order valence-electron chi connectivity index (χ3n) is 3.72. The SMILES string of the molecule is COC(=O)c1ccccc1NC(=O)c1ccc(Nc2ccc(F)cc2)nc1. The lowest BCUT2D eigenvalue weighted by Gasteiger charge is -2.10. The van der Waals surface area contributed by atoms with Crippen LogP contribution in [0.5, 0.6) is 0 Å². The summed E-state index contributed by atoms with van der Waals surface area (Å²) in [7, 11) is 1.28. The summed E-state index contributed by atoms with van der Waals surface area (Å²) in [5.41, 5.74) is 1.60. The average Bonchev–Trinajstić information content (AvgIpc) is 2.70. The second-order valence-electron chi connectivity index (χ2n) is 5.56. The third kappa shape index (κ3) is 4.46. The van der Waals surface area contributed by atoms with Crippen molar-refractivity contribution in [1.29, 1.82) is 0 Å². The van der Waals surface area contributed by atoms with Crippen molar-refractivity contribution in [2.24, 2.45) is 0 Å². The molecule has 136 valence electrons. The number of hydrogen-bond donors (Lipinski definition) is 2. The maximum atomic E-state index is 12.9. The standard InChI is InChI=1S/C20H16FN3O3/c1-27-20(26)16-4-2-3-5-17(16)24-19(25)13-6-11-18(22-12-13)23-15-9-7-14(21)8-10-15/h2-12H,1H3,(H,22,23)(H,24,25). The van der Waals surface area contributed by atoms with E-state index < -0.39 is 11.9 Å². The van der Waals surface area contributed by atoms with Crippen LogP contribution >= 0.6 is 0 Å². The van der Waals surface area contributed by atoms with Gasteiger partial charge in [-0.15, -0.1) is 0 Å². The van der Waals surface area contributed by atoms with E-state index in [9.17, 15) is 14.0 Å². The number of aromatic nitrogens is 1. The molecule has 0 aliphatic rings. The number of hydrogen-bond acceptors (Lipinski definition) is 5. The molecular formula is C20H16FN3O3. The first-order valence-electron chi connectivity index (χ1n) is 8.04. The molecule has 0 atom stereocenters. The Balaban J connectivity index is 1.71. The Labute approximate surface area is 155 Å². The molecule has 0 bridgehead atoms. The summed E-state index contributed by atoms with van der Waals surface area (Å²) in [6.07, 6.45) is 1.40. The summed E-state index contributed by atoms with van der Waals surface area (Å²) in [5, 5.41) is 5.68. The fourth-order valence-electron chi connectivity index (χ4n) is 2.36. The van der Waals surface area contributed by atoms with Gasteiger partial charge in [0.05, 0.1) is 23.9 Å². The number of pyridine rings is 1. The largest absolute Gasteiger partial charge is 0.465 e. The Morgan fingerprint density at radius 2 is 1.74 bits per heavy atom. The van der Waals surface area contributed by atoms with Gasteiger partial charge in [-0.2, -0.15) is 0 Å². The molecular weight excluding hydrogens is 349 g/mol. The molecule has 0 aliphatic carbocycles. The van der Waals surface area contributed by atoms with Gasteiger partial charge < -0.3 is 15.4 Å². The summed E-state index contributed by atoms with van der Waals surface area (Å²) in [6.45, 7) is 0. The summed E-state index contributed by atoms with van der Waals surface area (Å²) in [5.74, 6) is -0.768. The molecule has 0 aliphatic heterocycles. The molecule has 2 N–H and O–H groups in total. The van der Waals surface area contributed by atoms with E-state index in [1.54, 1.807) is 48.5 Å². The molecule has 0 radical (unpaired) electrons. The van der Waals surface area contributed by atoms with Crippen molar-refractivity contribution in [3.05, 3.63) is 83.8 Å². The van der Waals surface area contributed by atoms with Crippen LogP contribution in [0.25, 0.3) is 0 Å². The van der Waals surface area contributed by atoms with E-state index in [-0.39, 0.29) is 11.4 Å². The van der Waals surface area contributed by atoms with E-state index >= 15 is 0 Å². The molecule has 0 saturated carbocycles. The molecule has 1 aromatic heterocycles. The maximum absolute atomic E-state index is 12.9. The van der Waals surface area contributed by atoms with Gasteiger partial charge in [0, 0.05) is 11.9 Å². The number of ether oxygens (including phenoxy) is 1. The molecule has 3 aromatic rings. The fourth-order valence-corrected chi connectivity index (χ4v) is 2.36. The Morgan fingerprint density at radius 3 is 2.41 bits per heavy atom. The van der Waals surface area contributed by atoms with Crippen molar-refractivity contribution in [3.8, 4) is 0 Å². The first kappa shape index (κ1) is 18.1. The zero-order chi connectivity index (χ0) is 19.2. The molecule has 0 fully saturated rings. The average molecular weight is 365 g/mol. The van der Waals surface area contributed by atoms with Crippen LogP contribution in [0.15, 0.2) is 66.9 Å². The van der Waals surface area contributed by atoms with Crippen LogP contribution < -0.4 is 10.6 Å². The topological polar surface area (TPSA) is 80.3 Å². The Kier molecular flexibility index (Phi) is 5.41. The molecule has 1 amide bonds. The van der Waals surface area contributed by atoms with Crippen LogP contribution in [0.3, 0.4) is 0 Å². The predicted molar refractivity (Wildman–Crippen MR) is 99.7 cm³/mol. The number of para-hydroxylation sites is 1. The minimum Gasteiger partial charge on any atom is -0.465 e. The lowest BCUT2D eigenvalue weighted by molar-refractivity contribution is 0.0602. The Hall–Kier alpha value is -3.74. The van der Waals surface area contributed by atoms with Crippen molar-refractivity contribution in [2.75, 3.05) is 17.7 Å². The molecule has 7 heteroatoms. The molecule has 1 heterocycles. The molecule has 0 unspecified atom stereocenters. The molecule has 3 rings (SSSR count). The number of carbonyl (C=O) groups excluding carboxylic acids is 2. The number of amides is 1. The Morgan fingerprint density at radius 1 is 1.00 bits per heavy atom. The van der Waals surface area contributed by atoms with Crippen molar-refractivity contribution >= 4 is 29.1 Å². The zero-order valence-corrected chi connectivity index (χ0v) is 14.4. The van der Waals surface area contributed by atoms with Crippen LogP contribution in [0.1, 0.15) is 20.7 Å². The molecule has 0 saturated heterocycles. The smallest absolute Gasteiger partial charge is 0.339 e. The minimum atomic E-state index is -0.539.